The van der Waals surface area contributed by atoms with E-state index in [0.29, 0.717) is 19.4 Å². The van der Waals surface area contributed by atoms with Crippen molar-refractivity contribution >= 4 is 11.9 Å². The van der Waals surface area contributed by atoms with Gasteiger partial charge in [-0.05, 0) is 38.2 Å². The molecule has 1 aromatic carbocycles. The number of piperidine rings is 1. The Morgan fingerprint density at radius 2 is 2.04 bits per heavy atom. The van der Waals surface area contributed by atoms with Crippen LogP contribution in [-0.4, -0.2) is 41.1 Å². The van der Waals surface area contributed by atoms with Gasteiger partial charge in [0, 0.05) is 24.6 Å². The monoisotopic (exact) mass is 317 g/mol. The highest BCUT2D eigenvalue weighted by molar-refractivity contribution is 5.85. The number of hydrogen-bond acceptors (Lipinski definition) is 3. The first kappa shape index (κ1) is 15.8. The third kappa shape index (κ3) is 3.49. The summed E-state index contributed by atoms with van der Waals surface area (Å²) < 4.78 is 5.65. The Bertz CT molecular complexity index is 586. The fourth-order valence-corrected chi connectivity index (χ4v) is 3.68. The highest BCUT2D eigenvalue weighted by Gasteiger charge is 2.35. The first-order valence-corrected chi connectivity index (χ1v) is 8.41. The van der Waals surface area contributed by atoms with E-state index in [4.69, 9.17) is 9.84 Å². The highest BCUT2D eigenvalue weighted by atomic mass is 16.5. The van der Waals surface area contributed by atoms with Gasteiger partial charge in [0.25, 0.3) is 0 Å². The van der Waals surface area contributed by atoms with Crippen LogP contribution in [0.5, 0.6) is 5.75 Å². The minimum atomic E-state index is -0.792. The minimum Gasteiger partial charge on any atom is -0.493 e. The van der Waals surface area contributed by atoms with Crippen molar-refractivity contribution in [2.24, 2.45) is 0 Å². The number of para-hydroxylation sites is 1. The lowest BCUT2D eigenvalue weighted by molar-refractivity contribution is -0.141. The maximum Gasteiger partial charge on any atom is 0.303 e. The molecule has 3 rings (SSSR count). The van der Waals surface area contributed by atoms with Crippen LogP contribution in [0, 0.1) is 0 Å². The average molecular weight is 317 g/mol. The zero-order valence-corrected chi connectivity index (χ0v) is 13.2. The van der Waals surface area contributed by atoms with Gasteiger partial charge < -0.3 is 14.7 Å². The average Bonchev–Trinajstić information content (AvgIpc) is 2.59. The number of carbonyl (C=O) groups excluding carboxylic acids is 1. The standard InChI is InChI=1S/C18H23NO4/c20-17(21)9-8-13-5-3-4-11-19(13)18(22)15-10-12-23-16-7-2-1-6-14(15)16/h1-2,6-7,13,15H,3-5,8-12H2,(H,20,21)/t13-,15-/m0/s1. The van der Waals surface area contributed by atoms with E-state index in [-0.39, 0.29) is 24.3 Å². The molecule has 0 spiro atoms. The minimum absolute atomic E-state index is 0.0577. The van der Waals surface area contributed by atoms with Crippen molar-refractivity contribution < 1.29 is 19.4 Å². The molecule has 0 aliphatic carbocycles. The molecule has 124 valence electrons. The second-order valence-corrected chi connectivity index (χ2v) is 6.34. The van der Waals surface area contributed by atoms with Gasteiger partial charge in [0.15, 0.2) is 0 Å². The van der Waals surface area contributed by atoms with Gasteiger partial charge in [-0.25, -0.2) is 0 Å². The molecule has 0 aromatic heterocycles. The van der Waals surface area contributed by atoms with E-state index in [1.54, 1.807) is 0 Å². The molecule has 1 amide bonds. The highest BCUT2D eigenvalue weighted by Crippen LogP contribution is 2.36. The number of carboxylic acid groups (broad SMARTS) is 1. The van der Waals surface area contributed by atoms with E-state index >= 15 is 0 Å². The lowest BCUT2D eigenvalue weighted by atomic mass is 9.89. The number of fused-ring (bicyclic) bond motifs is 1. The molecule has 23 heavy (non-hydrogen) atoms. The Morgan fingerprint density at radius 3 is 2.87 bits per heavy atom. The van der Waals surface area contributed by atoms with Crippen molar-refractivity contribution in [1.29, 1.82) is 0 Å². The Balaban J connectivity index is 1.77. The Morgan fingerprint density at radius 1 is 1.22 bits per heavy atom. The Labute approximate surface area is 136 Å². The van der Waals surface area contributed by atoms with E-state index in [1.807, 2.05) is 29.2 Å². The molecule has 1 saturated heterocycles. The predicted molar refractivity (Wildman–Crippen MR) is 85.5 cm³/mol. The fourth-order valence-electron chi connectivity index (χ4n) is 3.68. The van der Waals surface area contributed by atoms with Gasteiger partial charge in [-0.2, -0.15) is 0 Å². The maximum atomic E-state index is 13.1. The van der Waals surface area contributed by atoms with Crippen LogP contribution in [0.15, 0.2) is 24.3 Å². The number of ether oxygens (including phenoxy) is 1. The molecular formula is C18H23NO4. The molecule has 0 unspecified atom stereocenters. The largest absolute Gasteiger partial charge is 0.493 e. The van der Waals surface area contributed by atoms with E-state index in [1.165, 1.54) is 0 Å². The predicted octanol–water partition coefficient (Wildman–Crippen LogP) is 2.80. The number of aliphatic carboxylic acids is 1. The molecule has 1 aromatic rings. The van der Waals surface area contributed by atoms with Gasteiger partial charge in [-0.3, -0.25) is 9.59 Å². The third-order valence-electron chi connectivity index (χ3n) is 4.86. The van der Waals surface area contributed by atoms with Gasteiger partial charge in [0.05, 0.1) is 12.5 Å². The van der Waals surface area contributed by atoms with Crippen molar-refractivity contribution in [3.63, 3.8) is 0 Å². The molecule has 0 bridgehead atoms. The molecule has 2 aliphatic rings. The summed E-state index contributed by atoms with van der Waals surface area (Å²) in [5, 5.41) is 8.93. The summed E-state index contributed by atoms with van der Waals surface area (Å²) in [5.41, 5.74) is 0.964. The number of hydrogen-bond donors (Lipinski definition) is 1. The molecule has 0 saturated carbocycles. The van der Waals surface area contributed by atoms with Crippen LogP contribution in [0.25, 0.3) is 0 Å². The van der Waals surface area contributed by atoms with E-state index in [9.17, 15) is 9.59 Å². The third-order valence-corrected chi connectivity index (χ3v) is 4.86. The Kier molecular flexibility index (Phi) is 4.84. The molecule has 5 nitrogen and oxygen atoms in total. The number of benzene rings is 1. The number of likely N-dealkylation sites (tertiary alicyclic amines) is 1. The number of rotatable bonds is 4. The second-order valence-electron chi connectivity index (χ2n) is 6.34. The van der Waals surface area contributed by atoms with Crippen molar-refractivity contribution in [1.82, 2.24) is 4.90 Å². The van der Waals surface area contributed by atoms with Crippen molar-refractivity contribution in [2.45, 2.75) is 50.5 Å². The van der Waals surface area contributed by atoms with Gasteiger partial charge in [-0.15, -0.1) is 0 Å². The fraction of sp³-hybridized carbons (Fsp3) is 0.556. The van der Waals surface area contributed by atoms with Crippen LogP contribution in [-0.2, 0) is 9.59 Å². The molecule has 2 heterocycles. The normalized spacial score (nSPS) is 23.7. The number of carboxylic acids is 1. The summed E-state index contributed by atoms with van der Waals surface area (Å²) in [5.74, 6) is -0.0169. The summed E-state index contributed by atoms with van der Waals surface area (Å²) in [7, 11) is 0. The van der Waals surface area contributed by atoms with Crippen LogP contribution in [0.2, 0.25) is 0 Å². The van der Waals surface area contributed by atoms with Gasteiger partial charge in [-0.1, -0.05) is 18.2 Å². The molecule has 2 aliphatic heterocycles. The summed E-state index contributed by atoms with van der Waals surface area (Å²) in [6.07, 6.45) is 4.34. The topological polar surface area (TPSA) is 66.8 Å². The lowest BCUT2D eigenvalue weighted by Crippen LogP contribution is -2.46. The summed E-state index contributed by atoms with van der Waals surface area (Å²) in [6.45, 7) is 1.30. The summed E-state index contributed by atoms with van der Waals surface area (Å²) in [6, 6.07) is 7.79. The number of carbonyl (C=O) groups is 2. The first-order chi connectivity index (χ1) is 11.2. The smallest absolute Gasteiger partial charge is 0.303 e. The second kappa shape index (κ2) is 7.02. The SMILES string of the molecule is O=C(O)CC[C@@H]1CCCCN1C(=O)[C@H]1CCOc2ccccc21. The van der Waals surface area contributed by atoms with Crippen molar-refractivity contribution in [3.8, 4) is 5.75 Å². The summed E-state index contributed by atoms with van der Waals surface area (Å²) in [4.78, 5) is 25.9. The van der Waals surface area contributed by atoms with E-state index in [0.717, 1.165) is 37.1 Å². The zero-order chi connectivity index (χ0) is 16.2. The molecule has 1 fully saturated rings. The van der Waals surface area contributed by atoms with Gasteiger partial charge >= 0.3 is 5.97 Å². The maximum absolute atomic E-state index is 13.1. The first-order valence-electron chi connectivity index (χ1n) is 8.41. The quantitative estimate of drug-likeness (QED) is 0.927. The van der Waals surface area contributed by atoms with Crippen LogP contribution in [0.1, 0.15) is 50.0 Å². The number of amides is 1. The van der Waals surface area contributed by atoms with Crippen LogP contribution in [0.4, 0.5) is 0 Å². The van der Waals surface area contributed by atoms with E-state index in [2.05, 4.69) is 0 Å². The lowest BCUT2D eigenvalue weighted by Gasteiger charge is -2.39. The van der Waals surface area contributed by atoms with Crippen molar-refractivity contribution in [2.75, 3.05) is 13.2 Å². The Hall–Kier alpha value is -2.04. The summed E-state index contributed by atoms with van der Waals surface area (Å²) >= 11 is 0. The number of nitrogens with zero attached hydrogens (tertiary/aromatic N) is 1. The van der Waals surface area contributed by atoms with Crippen LogP contribution < -0.4 is 4.74 Å². The van der Waals surface area contributed by atoms with Gasteiger partial charge in [0.2, 0.25) is 5.91 Å². The zero-order valence-electron chi connectivity index (χ0n) is 13.2. The molecule has 0 radical (unpaired) electrons. The van der Waals surface area contributed by atoms with Crippen LogP contribution in [0.3, 0.4) is 0 Å². The van der Waals surface area contributed by atoms with E-state index < -0.39 is 5.97 Å². The van der Waals surface area contributed by atoms with Crippen LogP contribution >= 0.6 is 0 Å². The van der Waals surface area contributed by atoms with Gasteiger partial charge in [0.1, 0.15) is 5.75 Å². The van der Waals surface area contributed by atoms with Crippen molar-refractivity contribution in [3.05, 3.63) is 29.8 Å². The molecular weight excluding hydrogens is 294 g/mol. The molecule has 1 N–H and O–H groups in total. The molecule has 2 atom stereocenters. The molecule has 5 heteroatoms.